The van der Waals surface area contributed by atoms with Gasteiger partial charge in [-0.3, -0.25) is 10.2 Å². The zero-order chi connectivity index (χ0) is 8.97. The summed E-state index contributed by atoms with van der Waals surface area (Å²) in [5, 5.41) is 8.41. The molecule has 5 heteroatoms. The lowest BCUT2D eigenvalue weighted by Gasteiger charge is -1.96. The molecule has 0 radical (unpaired) electrons. The monoisotopic (exact) mass is 162 g/mol. The van der Waals surface area contributed by atoms with Crippen molar-refractivity contribution >= 4 is 5.91 Å². The highest BCUT2D eigenvalue weighted by atomic mass is 16.2. The number of nitriles is 1. The van der Waals surface area contributed by atoms with Gasteiger partial charge in [0.25, 0.3) is 5.91 Å². The van der Waals surface area contributed by atoms with Gasteiger partial charge in [0.15, 0.2) is 0 Å². The molecule has 60 valence electrons. The van der Waals surface area contributed by atoms with Gasteiger partial charge in [-0.15, -0.1) is 0 Å². The van der Waals surface area contributed by atoms with Crippen molar-refractivity contribution in [2.45, 2.75) is 0 Å². The third-order valence-corrected chi connectivity index (χ3v) is 1.26. The van der Waals surface area contributed by atoms with Crippen LogP contribution >= 0.6 is 0 Å². The molecule has 5 nitrogen and oxygen atoms in total. The van der Waals surface area contributed by atoms with Crippen molar-refractivity contribution in [1.82, 2.24) is 10.4 Å². The van der Waals surface area contributed by atoms with E-state index in [2.05, 4.69) is 4.98 Å². The first-order valence-electron chi connectivity index (χ1n) is 3.15. The first-order chi connectivity index (χ1) is 5.77. The average molecular weight is 162 g/mol. The molecule has 1 aromatic heterocycles. The Morgan fingerprint density at radius 3 is 2.83 bits per heavy atom. The molecular weight excluding hydrogens is 156 g/mol. The fourth-order valence-corrected chi connectivity index (χ4v) is 0.668. The lowest BCUT2D eigenvalue weighted by atomic mass is 10.2. The molecule has 0 spiro atoms. The molecular formula is C7H6N4O. The summed E-state index contributed by atoms with van der Waals surface area (Å²) in [6.45, 7) is 0. The number of hydrogen-bond donors (Lipinski definition) is 2. The summed E-state index contributed by atoms with van der Waals surface area (Å²) in [6.07, 6.45) is 1.31. The van der Waals surface area contributed by atoms with Gasteiger partial charge in [0, 0.05) is 6.20 Å². The van der Waals surface area contributed by atoms with Crippen LogP contribution in [0.15, 0.2) is 18.3 Å². The van der Waals surface area contributed by atoms with Gasteiger partial charge in [-0.1, -0.05) is 0 Å². The molecule has 1 aromatic rings. The van der Waals surface area contributed by atoms with E-state index in [4.69, 9.17) is 11.1 Å². The molecule has 1 rings (SSSR count). The summed E-state index contributed by atoms with van der Waals surface area (Å²) in [7, 11) is 0. The SMILES string of the molecule is N#Cc1ccc(C(=O)NN)nc1. The van der Waals surface area contributed by atoms with Crippen LogP contribution < -0.4 is 11.3 Å². The Bertz CT molecular complexity index is 324. The van der Waals surface area contributed by atoms with Crippen LogP contribution in [-0.4, -0.2) is 10.9 Å². The van der Waals surface area contributed by atoms with E-state index in [-0.39, 0.29) is 5.69 Å². The van der Waals surface area contributed by atoms with Crippen molar-refractivity contribution < 1.29 is 4.79 Å². The fraction of sp³-hybridized carbons (Fsp3) is 0. The van der Waals surface area contributed by atoms with E-state index in [0.29, 0.717) is 5.56 Å². The van der Waals surface area contributed by atoms with E-state index in [1.54, 1.807) is 0 Å². The van der Waals surface area contributed by atoms with Gasteiger partial charge in [0.1, 0.15) is 11.8 Å². The average Bonchev–Trinajstić information content (AvgIpc) is 2.17. The minimum absolute atomic E-state index is 0.191. The topological polar surface area (TPSA) is 91.8 Å². The zero-order valence-corrected chi connectivity index (χ0v) is 6.11. The maximum atomic E-state index is 10.8. The second kappa shape index (κ2) is 3.46. The lowest BCUT2D eigenvalue weighted by Crippen LogP contribution is -2.30. The molecule has 1 heterocycles. The van der Waals surface area contributed by atoms with Gasteiger partial charge in [-0.25, -0.2) is 10.8 Å². The number of carbonyl (C=O) groups excluding carboxylic acids is 1. The summed E-state index contributed by atoms with van der Waals surface area (Å²) in [4.78, 5) is 14.5. The summed E-state index contributed by atoms with van der Waals surface area (Å²) >= 11 is 0. The van der Waals surface area contributed by atoms with Crippen LogP contribution in [0.4, 0.5) is 0 Å². The molecule has 0 aliphatic heterocycles. The van der Waals surface area contributed by atoms with E-state index in [1.807, 2.05) is 11.5 Å². The van der Waals surface area contributed by atoms with Gasteiger partial charge in [0.05, 0.1) is 5.56 Å². The largest absolute Gasteiger partial charge is 0.289 e. The van der Waals surface area contributed by atoms with Gasteiger partial charge >= 0.3 is 0 Å². The molecule has 0 fully saturated rings. The number of carbonyl (C=O) groups is 1. The number of rotatable bonds is 1. The predicted octanol–water partition coefficient (Wildman–Crippen LogP) is -0.443. The maximum Gasteiger partial charge on any atom is 0.283 e. The first kappa shape index (κ1) is 8.17. The van der Waals surface area contributed by atoms with Crippen LogP contribution in [0.3, 0.4) is 0 Å². The van der Waals surface area contributed by atoms with Crippen molar-refractivity contribution in [3.8, 4) is 6.07 Å². The van der Waals surface area contributed by atoms with Crippen molar-refractivity contribution in [1.29, 1.82) is 5.26 Å². The van der Waals surface area contributed by atoms with Crippen LogP contribution in [0.25, 0.3) is 0 Å². The quantitative estimate of drug-likeness (QED) is 0.332. The van der Waals surface area contributed by atoms with Crippen molar-refractivity contribution in [3.05, 3.63) is 29.6 Å². The number of nitrogen functional groups attached to an aromatic ring is 1. The van der Waals surface area contributed by atoms with Crippen molar-refractivity contribution in [3.63, 3.8) is 0 Å². The van der Waals surface area contributed by atoms with Crippen LogP contribution in [-0.2, 0) is 0 Å². The fourth-order valence-electron chi connectivity index (χ4n) is 0.668. The first-order valence-corrected chi connectivity index (χ1v) is 3.15. The third-order valence-electron chi connectivity index (χ3n) is 1.26. The van der Waals surface area contributed by atoms with Crippen molar-refractivity contribution in [2.75, 3.05) is 0 Å². The van der Waals surface area contributed by atoms with Gasteiger partial charge < -0.3 is 0 Å². The zero-order valence-electron chi connectivity index (χ0n) is 6.11. The second-order valence-electron chi connectivity index (χ2n) is 2.02. The highest BCUT2D eigenvalue weighted by Gasteiger charge is 2.03. The summed E-state index contributed by atoms with van der Waals surface area (Å²) in [5.74, 6) is 4.40. The van der Waals surface area contributed by atoms with Crippen LogP contribution in [0.5, 0.6) is 0 Å². The molecule has 0 saturated heterocycles. The molecule has 0 bridgehead atoms. The number of pyridine rings is 1. The summed E-state index contributed by atoms with van der Waals surface area (Å²) in [5.41, 5.74) is 2.53. The Hall–Kier alpha value is -1.93. The number of nitrogens with zero attached hydrogens (tertiary/aromatic N) is 2. The number of nitrogens with one attached hydrogen (secondary N) is 1. The smallest absolute Gasteiger partial charge is 0.283 e. The Kier molecular flexibility index (Phi) is 2.35. The van der Waals surface area contributed by atoms with E-state index >= 15 is 0 Å². The predicted molar refractivity (Wildman–Crippen MR) is 40.6 cm³/mol. The Morgan fingerprint density at radius 2 is 2.42 bits per heavy atom. The Balaban J connectivity index is 2.94. The molecule has 0 atom stereocenters. The highest BCUT2D eigenvalue weighted by molar-refractivity contribution is 5.91. The Morgan fingerprint density at radius 1 is 1.67 bits per heavy atom. The van der Waals surface area contributed by atoms with Gasteiger partial charge in [-0.05, 0) is 12.1 Å². The Labute approximate surface area is 68.8 Å². The molecule has 0 aliphatic rings. The summed E-state index contributed by atoms with van der Waals surface area (Å²) in [6, 6.07) is 4.81. The second-order valence-corrected chi connectivity index (χ2v) is 2.02. The molecule has 12 heavy (non-hydrogen) atoms. The highest BCUT2D eigenvalue weighted by Crippen LogP contribution is 1.97. The van der Waals surface area contributed by atoms with E-state index in [9.17, 15) is 4.79 Å². The maximum absolute atomic E-state index is 10.8. The number of aromatic nitrogens is 1. The molecule has 1 amide bonds. The van der Waals surface area contributed by atoms with E-state index in [0.717, 1.165) is 0 Å². The number of hydrogen-bond acceptors (Lipinski definition) is 4. The number of hydrazine groups is 1. The van der Waals surface area contributed by atoms with Gasteiger partial charge in [0.2, 0.25) is 0 Å². The van der Waals surface area contributed by atoms with Crippen molar-refractivity contribution in [2.24, 2.45) is 5.84 Å². The standard InChI is InChI=1S/C7H6N4O/c8-3-5-1-2-6(10-4-5)7(12)11-9/h1-2,4H,9H2,(H,11,12). The minimum atomic E-state index is -0.473. The van der Waals surface area contributed by atoms with Gasteiger partial charge in [-0.2, -0.15) is 5.26 Å². The third kappa shape index (κ3) is 1.56. The molecule has 0 unspecified atom stereocenters. The van der Waals surface area contributed by atoms with E-state index in [1.165, 1.54) is 18.3 Å². The molecule has 3 N–H and O–H groups in total. The number of nitrogens with two attached hydrogens (primary N) is 1. The summed E-state index contributed by atoms with van der Waals surface area (Å²) < 4.78 is 0. The minimum Gasteiger partial charge on any atom is -0.289 e. The van der Waals surface area contributed by atoms with Crippen LogP contribution in [0.2, 0.25) is 0 Å². The molecule has 0 aliphatic carbocycles. The molecule has 0 saturated carbocycles. The van der Waals surface area contributed by atoms with Crippen LogP contribution in [0.1, 0.15) is 16.1 Å². The number of amides is 1. The lowest BCUT2D eigenvalue weighted by molar-refractivity contribution is 0.0948. The van der Waals surface area contributed by atoms with Crippen LogP contribution in [0, 0.1) is 11.3 Å². The normalized spacial score (nSPS) is 8.67. The van der Waals surface area contributed by atoms with E-state index < -0.39 is 5.91 Å². The molecule has 0 aromatic carbocycles.